The Morgan fingerprint density at radius 3 is 2.73 bits per heavy atom. The lowest BCUT2D eigenvalue weighted by molar-refractivity contribution is 0.0697. The molecule has 4 nitrogen and oxygen atoms in total. The summed E-state index contributed by atoms with van der Waals surface area (Å²) in [5.74, 6) is 0.919. The van der Waals surface area contributed by atoms with Gasteiger partial charge in [0.15, 0.2) is 5.11 Å². The van der Waals surface area contributed by atoms with Crippen LogP contribution < -0.4 is 15.4 Å². The normalized spacial score (nSPS) is 18.7. The number of hydrogen-bond acceptors (Lipinski definition) is 3. The summed E-state index contributed by atoms with van der Waals surface area (Å²) in [6.45, 7) is 4.19. The largest absolute Gasteiger partial charge is 0.487 e. The molecule has 1 aliphatic heterocycles. The fraction of sp³-hybridized carbons (Fsp3) is 0.294. The highest BCUT2D eigenvalue weighted by molar-refractivity contribution is 7.80. The monoisotopic (exact) mass is 313 g/mol. The van der Waals surface area contributed by atoms with E-state index in [9.17, 15) is 0 Å². The average Bonchev–Trinajstić information content (AvgIpc) is 2.47. The standard InChI is InChI=1S/C17H19N3OS/c1-17(2)11-14(13-5-3-4-6-15(13)21-17)20-16(22)19-12-7-9-18-10-8-12/h3-10,14H,11H2,1-2H3,(H2,18,19,20,22). The van der Waals surface area contributed by atoms with Gasteiger partial charge in [-0.05, 0) is 44.3 Å². The zero-order chi connectivity index (χ0) is 15.6. The summed E-state index contributed by atoms with van der Waals surface area (Å²) in [5.41, 5.74) is 1.84. The van der Waals surface area contributed by atoms with Gasteiger partial charge in [-0.3, -0.25) is 4.98 Å². The third-order valence-electron chi connectivity index (χ3n) is 3.62. The molecule has 2 aromatic rings. The van der Waals surface area contributed by atoms with Gasteiger partial charge < -0.3 is 15.4 Å². The number of anilines is 1. The van der Waals surface area contributed by atoms with Crippen molar-refractivity contribution in [2.45, 2.75) is 31.9 Å². The molecule has 0 saturated heterocycles. The molecule has 22 heavy (non-hydrogen) atoms. The Morgan fingerprint density at radius 1 is 1.23 bits per heavy atom. The molecule has 0 spiro atoms. The van der Waals surface area contributed by atoms with Crippen molar-refractivity contribution in [1.82, 2.24) is 10.3 Å². The molecule has 0 bridgehead atoms. The Bertz CT molecular complexity index is 673. The predicted octanol–water partition coefficient (Wildman–Crippen LogP) is 3.67. The van der Waals surface area contributed by atoms with Gasteiger partial charge in [0.25, 0.3) is 0 Å². The summed E-state index contributed by atoms with van der Waals surface area (Å²) >= 11 is 5.44. The van der Waals surface area contributed by atoms with Gasteiger partial charge in [-0.25, -0.2) is 0 Å². The van der Waals surface area contributed by atoms with Crippen molar-refractivity contribution < 1.29 is 4.74 Å². The molecule has 3 rings (SSSR count). The van der Waals surface area contributed by atoms with Crippen LogP contribution in [0.15, 0.2) is 48.8 Å². The van der Waals surface area contributed by atoms with E-state index in [4.69, 9.17) is 17.0 Å². The van der Waals surface area contributed by atoms with Gasteiger partial charge in [0.1, 0.15) is 11.4 Å². The molecule has 114 valence electrons. The summed E-state index contributed by atoms with van der Waals surface area (Å²) in [6.07, 6.45) is 4.32. The number of pyridine rings is 1. The Balaban J connectivity index is 1.75. The highest BCUT2D eigenvalue weighted by atomic mass is 32.1. The molecule has 1 atom stereocenters. The molecule has 1 aromatic carbocycles. The quantitative estimate of drug-likeness (QED) is 0.828. The third kappa shape index (κ3) is 3.36. The van der Waals surface area contributed by atoms with Crippen molar-refractivity contribution in [2.24, 2.45) is 0 Å². The van der Waals surface area contributed by atoms with Crippen LogP contribution in [0.4, 0.5) is 5.69 Å². The molecule has 0 amide bonds. The maximum atomic E-state index is 6.04. The predicted molar refractivity (Wildman–Crippen MR) is 92.1 cm³/mol. The van der Waals surface area contributed by atoms with Crippen molar-refractivity contribution in [1.29, 1.82) is 0 Å². The number of ether oxygens (including phenoxy) is 1. The van der Waals surface area contributed by atoms with Crippen LogP contribution in [-0.2, 0) is 0 Å². The number of benzene rings is 1. The van der Waals surface area contributed by atoms with E-state index in [0.29, 0.717) is 5.11 Å². The van der Waals surface area contributed by atoms with Gasteiger partial charge in [-0.1, -0.05) is 18.2 Å². The molecule has 1 aromatic heterocycles. The molecule has 0 fully saturated rings. The summed E-state index contributed by atoms with van der Waals surface area (Å²) in [7, 11) is 0. The van der Waals surface area contributed by atoms with Crippen LogP contribution in [0.3, 0.4) is 0 Å². The van der Waals surface area contributed by atoms with Gasteiger partial charge in [0.2, 0.25) is 0 Å². The van der Waals surface area contributed by atoms with Gasteiger partial charge in [0, 0.05) is 30.1 Å². The number of nitrogens with one attached hydrogen (secondary N) is 2. The van der Waals surface area contributed by atoms with Crippen LogP contribution in [0.25, 0.3) is 0 Å². The lowest BCUT2D eigenvalue weighted by Crippen LogP contribution is -2.42. The van der Waals surface area contributed by atoms with Crippen LogP contribution >= 0.6 is 12.2 Å². The first-order valence-corrected chi connectivity index (χ1v) is 7.70. The summed E-state index contributed by atoms with van der Waals surface area (Å²) in [5, 5.41) is 7.19. The number of nitrogens with zero attached hydrogens (tertiary/aromatic N) is 1. The Morgan fingerprint density at radius 2 is 1.95 bits per heavy atom. The molecule has 0 saturated carbocycles. The molecule has 1 unspecified atom stereocenters. The van der Waals surface area contributed by atoms with Crippen LogP contribution in [-0.4, -0.2) is 15.7 Å². The zero-order valence-corrected chi connectivity index (χ0v) is 13.5. The van der Waals surface area contributed by atoms with E-state index in [0.717, 1.165) is 23.4 Å². The highest BCUT2D eigenvalue weighted by Gasteiger charge is 2.33. The number of aromatic nitrogens is 1. The molecule has 0 aliphatic carbocycles. The topological polar surface area (TPSA) is 46.2 Å². The first-order chi connectivity index (χ1) is 10.5. The first-order valence-electron chi connectivity index (χ1n) is 7.29. The van der Waals surface area contributed by atoms with E-state index >= 15 is 0 Å². The Kier molecular flexibility index (Phi) is 3.98. The van der Waals surface area contributed by atoms with Crippen LogP contribution in [0.1, 0.15) is 31.9 Å². The van der Waals surface area contributed by atoms with Crippen LogP contribution in [0, 0.1) is 0 Å². The van der Waals surface area contributed by atoms with Crippen molar-refractivity contribution in [3.63, 3.8) is 0 Å². The van der Waals surface area contributed by atoms with E-state index in [1.165, 1.54) is 0 Å². The van der Waals surface area contributed by atoms with E-state index in [-0.39, 0.29) is 11.6 Å². The fourth-order valence-corrected chi connectivity index (χ4v) is 2.95. The minimum Gasteiger partial charge on any atom is -0.487 e. The molecule has 2 N–H and O–H groups in total. The van der Waals surface area contributed by atoms with Crippen molar-refractivity contribution >= 4 is 23.0 Å². The average molecular weight is 313 g/mol. The molecular formula is C17H19N3OS. The number of hydrogen-bond donors (Lipinski definition) is 2. The van der Waals surface area contributed by atoms with E-state index in [1.54, 1.807) is 12.4 Å². The second-order valence-electron chi connectivity index (χ2n) is 5.99. The maximum absolute atomic E-state index is 6.04. The zero-order valence-electron chi connectivity index (χ0n) is 12.7. The Labute approximate surface area is 135 Å². The van der Waals surface area contributed by atoms with Crippen molar-refractivity contribution in [3.8, 4) is 5.75 Å². The van der Waals surface area contributed by atoms with Crippen LogP contribution in [0.5, 0.6) is 5.75 Å². The van der Waals surface area contributed by atoms with Crippen molar-refractivity contribution in [3.05, 3.63) is 54.4 Å². The number of fused-ring (bicyclic) bond motifs is 1. The smallest absolute Gasteiger partial charge is 0.171 e. The Hall–Kier alpha value is -2.14. The third-order valence-corrected chi connectivity index (χ3v) is 3.84. The molecule has 5 heteroatoms. The van der Waals surface area contributed by atoms with Crippen molar-refractivity contribution in [2.75, 3.05) is 5.32 Å². The number of para-hydroxylation sites is 1. The van der Waals surface area contributed by atoms with Gasteiger partial charge in [0.05, 0.1) is 6.04 Å². The van der Waals surface area contributed by atoms with Gasteiger partial charge in [-0.15, -0.1) is 0 Å². The van der Waals surface area contributed by atoms with E-state index in [1.807, 2.05) is 30.3 Å². The lowest BCUT2D eigenvalue weighted by Gasteiger charge is -2.38. The first kappa shape index (κ1) is 14.8. The SMILES string of the molecule is CC1(C)CC(NC(=S)Nc2ccncc2)c2ccccc2O1. The van der Waals surface area contributed by atoms with Gasteiger partial charge in [-0.2, -0.15) is 0 Å². The summed E-state index contributed by atoms with van der Waals surface area (Å²) in [4.78, 5) is 4.00. The van der Waals surface area contributed by atoms with E-state index in [2.05, 4.69) is 35.5 Å². The number of rotatable bonds is 2. The highest BCUT2D eigenvalue weighted by Crippen LogP contribution is 2.39. The number of thiocarbonyl (C=S) groups is 1. The second-order valence-corrected chi connectivity index (χ2v) is 6.40. The minimum absolute atomic E-state index is 0.127. The summed E-state index contributed by atoms with van der Waals surface area (Å²) < 4.78 is 6.04. The van der Waals surface area contributed by atoms with Gasteiger partial charge >= 0.3 is 0 Å². The molecular weight excluding hydrogens is 294 g/mol. The second kappa shape index (κ2) is 5.93. The molecule has 0 radical (unpaired) electrons. The minimum atomic E-state index is -0.224. The summed E-state index contributed by atoms with van der Waals surface area (Å²) in [6, 6.07) is 12.0. The maximum Gasteiger partial charge on any atom is 0.171 e. The lowest BCUT2D eigenvalue weighted by atomic mass is 9.90. The fourth-order valence-electron chi connectivity index (χ4n) is 2.69. The van der Waals surface area contributed by atoms with Crippen LogP contribution in [0.2, 0.25) is 0 Å². The molecule has 1 aliphatic rings. The molecule has 2 heterocycles. The van der Waals surface area contributed by atoms with E-state index < -0.39 is 0 Å².